The number of hydrogen-bond acceptors (Lipinski definition) is 2. The van der Waals surface area contributed by atoms with Crippen LogP contribution in [0, 0.1) is 0 Å². The number of rotatable bonds is 1. The lowest BCUT2D eigenvalue weighted by Crippen LogP contribution is -2.23. The standard InChI is InChI=1S/C7H5F5N2O/c8-4(9)2-1-3(7(10,11)12)6(15)14-5(2)13/h1,4H,(H3,13,14,15). The zero-order valence-corrected chi connectivity index (χ0v) is 7.03. The van der Waals surface area contributed by atoms with Crippen LogP contribution in [0.4, 0.5) is 27.8 Å². The Labute approximate surface area is 79.7 Å². The number of anilines is 1. The summed E-state index contributed by atoms with van der Waals surface area (Å²) in [5, 5.41) is 0. The predicted octanol–water partition coefficient (Wildman–Crippen LogP) is 1.91. The van der Waals surface area contributed by atoms with Gasteiger partial charge in [-0.25, -0.2) is 8.78 Å². The van der Waals surface area contributed by atoms with E-state index in [1.165, 1.54) is 4.98 Å². The first-order valence-electron chi connectivity index (χ1n) is 3.61. The highest BCUT2D eigenvalue weighted by Crippen LogP contribution is 2.30. The number of aromatic amines is 1. The molecule has 0 fully saturated rings. The summed E-state index contributed by atoms with van der Waals surface area (Å²) in [7, 11) is 0. The highest BCUT2D eigenvalue weighted by Gasteiger charge is 2.35. The molecule has 0 radical (unpaired) electrons. The summed E-state index contributed by atoms with van der Waals surface area (Å²) in [6.45, 7) is 0. The Morgan fingerprint density at radius 3 is 2.27 bits per heavy atom. The molecule has 0 aliphatic heterocycles. The molecule has 3 nitrogen and oxygen atoms in total. The maximum atomic E-state index is 12.2. The fourth-order valence-electron chi connectivity index (χ4n) is 0.952. The molecular formula is C7H5F5N2O. The molecule has 1 aromatic heterocycles. The van der Waals surface area contributed by atoms with Gasteiger partial charge in [0.1, 0.15) is 11.4 Å². The minimum absolute atomic E-state index is 0.0544. The van der Waals surface area contributed by atoms with Crippen LogP contribution in [0.25, 0.3) is 0 Å². The number of hydrogen-bond donors (Lipinski definition) is 2. The summed E-state index contributed by atoms with van der Waals surface area (Å²) in [6.07, 6.45) is -8.16. The van der Waals surface area contributed by atoms with Gasteiger partial charge >= 0.3 is 6.18 Å². The third kappa shape index (κ3) is 2.25. The van der Waals surface area contributed by atoms with Crippen molar-refractivity contribution in [1.29, 1.82) is 0 Å². The van der Waals surface area contributed by atoms with E-state index in [0.717, 1.165) is 0 Å². The number of halogens is 5. The summed E-state index contributed by atoms with van der Waals surface area (Å²) < 4.78 is 60.7. The van der Waals surface area contributed by atoms with Crippen molar-refractivity contribution in [3.63, 3.8) is 0 Å². The van der Waals surface area contributed by atoms with Gasteiger partial charge in [0, 0.05) is 0 Å². The van der Waals surface area contributed by atoms with Crippen molar-refractivity contribution in [2.24, 2.45) is 0 Å². The van der Waals surface area contributed by atoms with Crippen LogP contribution >= 0.6 is 0 Å². The Bertz CT molecular complexity index is 422. The molecule has 0 amide bonds. The molecule has 0 atom stereocenters. The number of nitrogen functional groups attached to an aromatic ring is 1. The van der Waals surface area contributed by atoms with Gasteiger partial charge < -0.3 is 10.7 Å². The number of H-pyrrole nitrogens is 1. The Morgan fingerprint density at radius 2 is 1.87 bits per heavy atom. The van der Waals surface area contributed by atoms with Crippen LogP contribution < -0.4 is 11.3 Å². The lowest BCUT2D eigenvalue weighted by atomic mass is 10.2. The summed E-state index contributed by atoms with van der Waals surface area (Å²) >= 11 is 0. The topological polar surface area (TPSA) is 58.9 Å². The molecule has 84 valence electrons. The predicted molar refractivity (Wildman–Crippen MR) is 41.4 cm³/mol. The third-order valence-electron chi connectivity index (χ3n) is 1.64. The largest absolute Gasteiger partial charge is 0.421 e. The van der Waals surface area contributed by atoms with Crippen LogP contribution in [-0.2, 0) is 6.18 Å². The Hall–Kier alpha value is -1.60. The molecule has 0 aliphatic carbocycles. The lowest BCUT2D eigenvalue weighted by Gasteiger charge is -2.09. The van der Waals surface area contributed by atoms with Gasteiger partial charge in [-0.05, 0) is 6.07 Å². The molecule has 0 saturated heterocycles. The molecule has 3 N–H and O–H groups in total. The van der Waals surface area contributed by atoms with Gasteiger partial charge in [0.15, 0.2) is 0 Å². The van der Waals surface area contributed by atoms with Gasteiger partial charge in [-0.1, -0.05) is 0 Å². The molecule has 1 heterocycles. The second-order valence-corrected chi connectivity index (χ2v) is 2.68. The maximum absolute atomic E-state index is 12.2. The van der Waals surface area contributed by atoms with Crippen LogP contribution in [-0.4, -0.2) is 4.98 Å². The highest BCUT2D eigenvalue weighted by molar-refractivity contribution is 5.42. The van der Waals surface area contributed by atoms with Crippen LogP contribution in [0.1, 0.15) is 17.6 Å². The molecule has 0 bridgehead atoms. The second kappa shape index (κ2) is 3.52. The lowest BCUT2D eigenvalue weighted by molar-refractivity contribution is -0.138. The minimum atomic E-state index is -4.98. The van der Waals surface area contributed by atoms with E-state index < -0.39 is 35.1 Å². The van der Waals surface area contributed by atoms with E-state index in [4.69, 9.17) is 5.73 Å². The van der Waals surface area contributed by atoms with Gasteiger partial charge in [-0.2, -0.15) is 13.2 Å². The molecule has 0 unspecified atom stereocenters. The first kappa shape index (κ1) is 11.5. The molecule has 0 saturated carbocycles. The highest BCUT2D eigenvalue weighted by atomic mass is 19.4. The van der Waals surface area contributed by atoms with E-state index >= 15 is 0 Å². The Balaban J connectivity index is 3.44. The minimum Gasteiger partial charge on any atom is -0.385 e. The smallest absolute Gasteiger partial charge is 0.385 e. The quantitative estimate of drug-likeness (QED) is 0.721. The molecular weight excluding hydrogens is 223 g/mol. The van der Waals surface area contributed by atoms with Crippen molar-refractivity contribution in [1.82, 2.24) is 4.98 Å². The number of alkyl halides is 5. The summed E-state index contributed by atoms with van der Waals surface area (Å²) in [5.41, 5.74) is 0.666. The number of aromatic nitrogens is 1. The normalized spacial score (nSPS) is 12.1. The number of pyridine rings is 1. The number of nitrogens with two attached hydrogens (primary N) is 1. The fourth-order valence-corrected chi connectivity index (χ4v) is 0.952. The van der Waals surface area contributed by atoms with E-state index in [1.54, 1.807) is 0 Å². The molecule has 1 aromatic rings. The zero-order valence-electron chi connectivity index (χ0n) is 7.03. The number of nitrogens with one attached hydrogen (secondary N) is 1. The second-order valence-electron chi connectivity index (χ2n) is 2.68. The van der Waals surface area contributed by atoms with Crippen LogP contribution in [0.2, 0.25) is 0 Å². The molecule has 1 rings (SSSR count). The third-order valence-corrected chi connectivity index (χ3v) is 1.64. The first-order chi connectivity index (χ1) is 6.73. The monoisotopic (exact) mass is 228 g/mol. The van der Waals surface area contributed by atoms with Crippen molar-refractivity contribution < 1.29 is 22.0 Å². The van der Waals surface area contributed by atoms with Crippen molar-refractivity contribution in [2.45, 2.75) is 12.6 Å². The summed E-state index contributed by atoms with van der Waals surface area (Å²) in [5.74, 6) is -0.761. The fraction of sp³-hybridized carbons (Fsp3) is 0.286. The molecule has 0 aliphatic rings. The first-order valence-corrected chi connectivity index (χ1v) is 3.61. The molecule has 0 aromatic carbocycles. The van der Waals surface area contributed by atoms with Crippen LogP contribution in [0.15, 0.2) is 10.9 Å². The van der Waals surface area contributed by atoms with E-state index in [-0.39, 0.29) is 6.07 Å². The molecule has 15 heavy (non-hydrogen) atoms. The van der Waals surface area contributed by atoms with Crippen LogP contribution in [0.5, 0.6) is 0 Å². The summed E-state index contributed by atoms with van der Waals surface area (Å²) in [6, 6.07) is 0.0544. The van der Waals surface area contributed by atoms with Crippen molar-refractivity contribution in [3.05, 3.63) is 27.5 Å². The SMILES string of the molecule is Nc1[nH]c(=O)c(C(F)(F)F)cc1C(F)F. The average Bonchev–Trinajstić information content (AvgIpc) is 2.00. The van der Waals surface area contributed by atoms with E-state index in [1.807, 2.05) is 0 Å². The molecule has 8 heteroatoms. The van der Waals surface area contributed by atoms with E-state index in [9.17, 15) is 26.7 Å². The van der Waals surface area contributed by atoms with Gasteiger partial charge in [0.25, 0.3) is 12.0 Å². The Kier molecular flexibility index (Phi) is 2.69. The van der Waals surface area contributed by atoms with Gasteiger partial charge in [0.2, 0.25) is 0 Å². The van der Waals surface area contributed by atoms with Crippen molar-refractivity contribution >= 4 is 5.82 Å². The maximum Gasteiger partial charge on any atom is 0.421 e. The zero-order chi connectivity index (χ0) is 11.8. The van der Waals surface area contributed by atoms with Crippen LogP contribution in [0.3, 0.4) is 0 Å². The van der Waals surface area contributed by atoms with Gasteiger partial charge in [-0.3, -0.25) is 4.79 Å². The Morgan fingerprint density at radius 1 is 1.33 bits per heavy atom. The van der Waals surface area contributed by atoms with Crippen molar-refractivity contribution in [3.8, 4) is 0 Å². The average molecular weight is 228 g/mol. The van der Waals surface area contributed by atoms with E-state index in [2.05, 4.69) is 0 Å². The van der Waals surface area contributed by atoms with Gasteiger partial charge in [0.05, 0.1) is 5.56 Å². The summed E-state index contributed by atoms with van der Waals surface area (Å²) in [4.78, 5) is 12.3. The van der Waals surface area contributed by atoms with Gasteiger partial charge in [-0.15, -0.1) is 0 Å². The van der Waals surface area contributed by atoms with Crippen molar-refractivity contribution in [2.75, 3.05) is 5.73 Å². The van der Waals surface area contributed by atoms with E-state index in [0.29, 0.717) is 0 Å². The molecule has 0 spiro atoms.